The van der Waals surface area contributed by atoms with Crippen molar-refractivity contribution >= 4 is 55.7 Å². The van der Waals surface area contributed by atoms with Crippen LogP contribution in [-0.2, 0) is 6.54 Å². The number of halogens is 1. The summed E-state index contributed by atoms with van der Waals surface area (Å²) in [5, 5.41) is 10.3. The Morgan fingerprint density at radius 3 is 2.83 bits per heavy atom. The van der Waals surface area contributed by atoms with Crippen LogP contribution in [0.2, 0.25) is 5.02 Å². The van der Waals surface area contributed by atoms with Crippen molar-refractivity contribution in [3.63, 3.8) is 0 Å². The fourth-order valence-corrected chi connectivity index (χ4v) is 4.77. The van der Waals surface area contributed by atoms with Crippen molar-refractivity contribution in [3.8, 4) is 0 Å². The second-order valence-corrected chi connectivity index (χ2v) is 8.43. The van der Waals surface area contributed by atoms with Gasteiger partial charge in [0.15, 0.2) is 0 Å². The van der Waals surface area contributed by atoms with E-state index < -0.39 is 0 Å². The third-order valence-corrected chi connectivity index (χ3v) is 6.52. The maximum absolute atomic E-state index is 13.0. The molecule has 0 bridgehead atoms. The van der Waals surface area contributed by atoms with E-state index in [1.54, 1.807) is 6.20 Å². The molecular formula is C23H17ClN4OS. The number of pyridine rings is 1. The van der Waals surface area contributed by atoms with Gasteiger partial charge in [-0.3, -0.25) is 14.5 Å². The van der Waals surface area contributed by atoms with E-state index in [-0.39, 0.29) is 5.91 Å². The first kappa shape index (κ1) is 18.8. The molecule has 0 atom stereocenters. The zero-order chi connectivity index (χ0) is 20.7. The molecule has 0 aliphatic carbocycles. The van der Waals surface area contributed by atoms with Crippen LogP contribution < -0.4 is 5.32 Å². The average Bonchev–Trinajstić information content (AvgIpc) is 3.31. The van der Waals surface area contributed by atoms with Crippen molar-refractivity contribution < 1.29 is 4.79 Å². The fraction of sp³-hybridized carbons (Fsp3) is 0.0870. The summed E-state index contributed by atoms with van der Waals surface area (Å²) in [5.41, 5.74) is 3.48. The predicted molar refractivity (Wildman–Crippen MR) is 123 cm³/mol. The highest BCUT2D eigenvalue weighted by molar-refractivity contribution is 7.20. The van der Waals surface area contributed by atoms with Crippen LogP contribution in [0.4, 0.5) is 5.69 Å². The van der Waals surface area contributed by atoms with Gasteiger partial charge in [0.05, 0.1) is 28.3 Å². The normalized spacial score (nSPS) is 11.3. The van der Waals surface area contributed by atoms with Crippen molar-refractivity contribution in [2.75, 3.05) is 5.32 Å². The van der Waals surface area contributed by atoms with E-state index in [0.29, 0.717) is 16.4 Å². The van der Waals surface area contributed by atoms with Gasteiger partial charge in [0, 0.05) is 22.0 Å². The molecule has 3 heterocycles. The lowest BCUT2D eigenvalue weighted by molar-refractivity contribution is 0.103. The Morgan fingerprint density at radius 2 is 1.97 bits per heavy atom. The summed E-state index contributed by atoms with van der Waals surface area (Å²) in [4.78, 5) is 18.9. The molecule has 0 spiro atoms. The summed E-state index contributed by atoms with van der Waals surface area (Å²) < 4.78 is 1.91. The molecule has 148 valence electrons. The van der Waals surface area contributed by atoms with Crippen LogP contribution in [0.1, 0.15) is 20.9 Å². The lowest BCUT2D eigenvalue weighted by Gasteiger charge is -2.07. The van der Waals surface area contributed by atoms with Crippen molar-refractivity contribution in [1.82, 2.24) is 14.8 Å². The minimum atomic E-state index is -0.142. The van der Waals surface area contributed by atoms with E-state index in [2.05, 4.69) is 15.4 Å². The Balaban J connectivity index is 1.48. The van der Waals surface area contributed by atoms with Crippen LogP contribution in [0.25, 0.3) is 21.1 Å². The number of fused-ring (bicyclic) bond motifs is 2. The number of nitrogens with one attached hydrogen (secondary N) is 1. The second kappa shape index (κ2) is 7.55. The third-order valence-electron chi connectivity index (χ3n) is 5.00. The van der Waals surface area contributed by atoms with Gasteiger partial charge < -0.3 is 5.32 Å². The molecule has 30 heavy (non-hydrogen) atoms. The molecule has 1 N–H and O–H groups in total. The van der Waals surface area contributed by atoms with Gasteiger partial charge >= 0.3 is 0 Å². The van der Waals surface area contributed by atoms with Gasteiger partial charge in [0.25, 0.3) is 5.91 Å². The van der Waals surface area contributed by atoms with Crippen LogP contribution in [0.3, 0.4) is 0 Å². The molecule has 5 aromatic rings. The molecule has 0 aliphatic rings. The second-order valence-electron chi connectivity index (χ2n) is 6.99. The van der Waals surface area contributed by atoms with Crippen molar-refractivity contribution in [1.29, 1.82) is 0 Å². The highest BCUT2D eigenvalue weighted by Gasteiger charge is 2.18. The summed E-state index contributed by atoms with van der Waals surface area (Å²) in [5.74, 6) is -0.142. The van der Waals surface area contributed by atoms with E-state index in [0.717, 1.165) is 38.1 Å². The Hall–Kier alpha value is -3.22. The first-order chi connectivity index (χ1) is 14.6. The summed E-state index contributed by atoms with van der Waals surface area (Å²) in [7, 11) is 0. The smallest absolute Gasteiger partial charge is 0.265 e. The first-order valence-electron chi connectivity index (χ1n) is 9.45. The number of hydrogen-bond donors (Lipinski definition) is 1. The van der Waals surface area contributed by atoms with E-state index in [1.165, 1.54) is 11.3 Å². The van der Waals surface area contributed by atoms with Gasteiger partial charge in [-0.25, -0.2) is 0 Å². The van der Waals surface area contributed by atoms with E-state index >= 15 is 0 Å². The van der Waals surface area contributed by atoms with Gasteiger partial charge in [0.2, 0.25) is 0 Å². The third kappa shape index (κ3) is 3.34. The molecule has 1 amide bonds. The molecule has 0 fully saturated rings. The molecule has 0 radical (unpaired) electrons. The number of aromatic nitrogens is 3. The Labute approximate surface area is 181 Å². The fourth-order valence-electron chi connectivity index (χ4n) is 3.52. The molecule has 5 rings (SSSR count). The maximum Gasteiger partial charge on any atom is 0.265 e. The average molecular weight is 433 g/mol. The molecular weight excluding hydrogens is 416 g/mol. The highest BCUT2D eigenvalue weighted by atomic mass is 35.5. The predicted octanol–water partition coefficient (Wildman–Crippen LogP) is 5.91. The van der Waals surface area contributed by atoms with Crippen molar-refractivity contribution in [3.05, 3.63) is 88.0 Å². The molecule has 7 heteroatoms. The zero-order valence-corrected chi connectivity index (χ0v) is 17.7. The van der Waals surface area contributed by atoms with Crippen molar-refractivity contribution in [2.45, 2.75) is 13.5 Å². The summed E-state index contributed by atoms with van der Waals surface area (Å²) >= 11 is 7.75. The van der Waals surface area contributed by atoms with E-state index in [1.807, 2.05) is 72.3 Å². The van der Waals surface area contributed by atoms with Crippen LogP contribution in [0.15, 0.2) is 66.9 Å². The van der Waals surface area contributed by atoms with E-state index in [4.69, 9.17) is 11.6 Å². The highest BCUT2D eigenvalue weighted by Crippen LogP contribution is 2.31. The van der Waals surface area contributed by atoms with E-state index in [9.17, 15) is 4.79 Å². The summed E-state index contributed by atoms with van der Waals surface area (Å²) in [6.45, 7) is 2.51. The van der Waals surface area contributed by atoms with Gasteiger partial charge in [-0.15, -0.1) is 11.3 Å². The number of thiophene rings is 1. The minimum Gasteiger partial charge on any atom is -0.321 e. The van der Waals surface area contributed by atoms with Crippen molar-refractivity contribution in [2.24, 2.45) is 0 Å². The number of anilines is 1. The Kier molecular flexibility index (Phi) is 4.73. The standard InChI is InChI=1S/C23H17ClN4OS/c1-14-17-12-21(22(29)26-20-10-4-9-19-16(20)7-5-11-25-19)30-23(17)28(27-14)13-15-6-2-3-8-18(15)24/h2-12H,13H2,1H3,(H,26,29). The number of carbonyl (C=O) groups excluding carboxylic acids is 1. The number of aryl methyl sites for hydroxylation is 1. The number of hydrogen-bond acceptors (Lipinski definition) is 4. The number of amides is 1. The Bertz CT molecular complexity index is 1400. The molecule has 0 saturated carbocycles. The quantitative estimate of drug-likeness (QED) is 0.384. The largest absolute Gasteiger partial charge is 0.321 e. The number of carbonyl (C=O) groups is 1. The number of nitrogens with zero attached hydrogens (tertiary/aromatic N) is 3. The van der Waals surface area contributed by atoms with Crippen LogP contribution in [0.5, 0.6) is 0 Å². The molecule has 3 aromatic heterocycles. The van der Waals surface area contributed by atoms with Crippen LogP contribution in [-0.4, -0.2) is 20.7 Å². The number of benzene rings is 2. The lowest BCUT2D eigenvalue weighted by Crippen LogP contribution is -2.10. The summed E-state index contributed by atoms with van der Waals surface area (Å²) in [6.07, 6.45) is 1.74. The molecule has 0 saturated heterocycles. The van der Waals surface area contributed by atoms with Gasteiger partial charge in [-0.2, -0.15) is 5.10 Å². The first-order valence-corrected chi connectivity index (χ1v) is 10.6. The molecule has 2 aromatic carbocycles. The zero-order valence-electron chi connectivity index (χ0n) is 16.1. The van der Waals surface area contributed by atoms with Crippen LogP contribution in [0, 0.1) is 6.92 Å². The summed E-state index contributed by atoms with van der Waals surface area (Å²) in [6, 6.07) is 19.2. The molecule has 0 unspecified atom stereocenters. The molecule has 0 aliphatic heterocycles. The molecule has 5 nitrogen and oxygen atoms in total. The maximum atomic E-state index is 13.0. The SMILES string of the molecule is Cc1nn(Cc2ccccc2Cl)c2sc(C(=O)Nc3cccc4ncccc34)cc12. The van der Waals surface area contributed by atoms with Gasteiger partial charge in [0.1, 0.15) is 4.83 Å². The topological polar surface area (TPSA) is 59.8 Å². The van der Waals surface area contributed by atoms with Gasteiger partial charge in [-0.1, -0.05) is 35.9 Å². The monoisotopic (exact) mass is 432 g/mol. The lowest BCUT2D eigenvalue weighted by atomic mass is 10.2. The minimum absolute atomic E-state index is 0.142. The van der Waals surface area contributed by atoms with Gasteiger partial charge in [-0.05, 0) is 48.9 Å². The number of rotatable bonds is 4. The Morgan fingerprint density at radius 1 is 1.10 bits per heavy atom. The van der Waals surface area contributed by atoms with Crippen LogP contribution >= 0.6 is 22.9 Å².